The van der Waals surface area contributed by atoms with E-state index in [4.69, 9.17) is 0 Å². The van der Waals surface area contributed by atoms with Gasteiger partial charge in [-0.05, 0) is 36.4 Å². The summed E-state index contributed by atoms with van der Waals surface area (Å²) in [5.41, 5.74) is 3.03. The molecule has 3 aromatic rings. The van der Waals surface area contributed by atoms with Gasteiger partial charge in [-0.3, -0.25) is 0 Å². The van der Waals surface area contributed by atoms with E-state index in [2.05, 4.69) is 37.6 Å². The van der Waals surface area contributed by atoms with Gasteiger partial charge in [0.05, 0.1) is 5.52 Å². The van der Waals surface area contributed by atoms with Crippen LogP contribution in [0.3, 0.4) is 0 Å². The zero-order chi connectivity index (χ0) is 15.5. The van der Waals surface area contributed by atoms with Crippen LogP contribution in [0.15, 0.2) is 48.5 Å². The first-order chi connectivity index (χ1) is 10.7. The highest BCUT2D eigenvalue weighted by molar-refractivity contribution is 5.90. The van der Waals surface area contributed by atoms with Crippen molar-refractivity contribution in [1.29, 1.82) is 0 Å². The van der Waals surface area contributed by atoms with E-state index < -0.39 is 0 Å². The zero-order valence-corrected chi connectivity index (χ0v) is 13.0. The Labute approximate surface area is 130 Å². The molecule has 3 rings (SSSR count). The molecule has 0 amide bonds. The second kappa shape index (κ2) is 5.89. The van der Waals surface area contributed by atoms with E-state index in [1.165, 1.54) is 0 Å². The molecule has 0 saturated heterocycles. The molecule has 0 bridgehead atoms. The average Bonchev–Trinajstić information content (AvgIpc) is 2.54. The van der Waals surface area contributed by atoms with Crippen molar-refractivity contribution >= 4 is 34.0 Å². The van der Waals surface area contributed by atoms with Crippen molar-refractivity contribution in [2.75, 3.05) is 36.7 Å². The van der Waals surface area contributed by atoms with Gasteiger partial charge in [0.2, 0.25) is 5.95 Å². The van der Waals surface area contributed by atoms with Gasteiger partial charge in [0.15, 0.2) is 0 Å². The molecule has 0 saturated carbocycles. The molecular weight excluding hydrogens is 274 g/mol. The number of hydrogen-bond acceptors (Lipinski definition) is 5. The number of nitrogens with zero attached hydrogens (tertiary/aromatic N) is 3. The summed E-state index contributed by atoms with van der Waals surface area (Å²) in [6, 6.07) is 16.1. The maximum atomic E-state index is 4.56. The molecule has 2 aromatic carbocycles. The zero-order valence-electron chi connectivity index (χ0n) is 13.0. The molecular formula is C17H19N5. The van der Waals surface area contributed by atoms with E-state index in [0.29, 0.717) is 5.95 Å². The van der Waals surface area contributed by atoms with Crippen LogP contribution >= 0.6 is 0 Å². The minimum atomic E-state index is 0.584. The van der Waals surface area contributed by atoms with E-state index in [-0.39, 0.29) is 0 Å². The lowest BCUT2D eigenvalue weighted by Crippen LogP contribution is -2.08. The third-order valence-electron chi connectivity index (χ3n) is 3.48. The first kappa shape index (κ1) is 14.1. The third-order valence-corrected chi connectivity index (χ3v) is 3.48. The number of benzene rings is 2. The molecule has 0 fully saturated rings. The number of rotatable bonds is 4. The molecule has 112 valence electrons. The summed E-state index contributed by atoms with van der Waals surface area (Å²) in [5.74, 6) is 1.40. The maximum Gasteiger partial charge on any atom is 0.229 e. The molecule has 0 aliphatic rings. The molecule has 0 aliphatic heterocycles. The molecule has 0 unspecified atom stereocenters. The van der Waals surface area contributed by atoms with E-state index in [9.17, 15) is 0 Å². The van der Waals surface area contributed by atoms with Crippen LogP contribution in [-0.2, 0) is 0 Å². The van der Waals surface area contributed by atoms with Gasteiger partial charge in [-0.1, -0.05) is 12.1 Å². The Hall–Kier alpha value is -2.82. The highest BCUT2D eigenvalue weighted by atomic mass is 15.1. The van der Waals surface area contributed by atoms with E-state index in [0.717, 1.165) is 28.1 Å². The Morgan fingerprint density at radius 2 is 1.64 bits per heavy atom. The molecule has 5 heteroatoms. The topological polar surface area (TPSA) is 53.1 Å². The Bertz CT molecular complexity index is 781. The maximum absolute atomic E-state index is 4.56. The van der Waals surface area contributed by atoms with Gasteiger partial charge in [0, 0.05) is 37.9 Å². The third kappa shape index (κ3) is 2.79. The smallest absolute Gasteiger partial charge is 0.229 e. The number of nitrogens with one attached hydrogen (secondary N) is 2. The summed E-state index contributed by atoms with van der Waals surface area (Å²) in [6.45, 7) is 0. The number of aromatic nitrogens is 2. The van der Waals surface area contributed by atoms with Crippen molar-refractivity contribution in [3.63, 3.8) is 0 Å². The summed E-state index contributed by atoms with van der Waals surface area (Å²) in [5, 5.41) is 7.39. The van der Waals surface area contributed by atoms with Crippen molar-refractivity contribution in [3.8, 4) is 0 Å². The quantitative estimate of drug-likeness (QED) is 0.771. The SMILES string of the molecule is CNc1nc(Nc2ccc(N(C)C)cc2)nc2ccccc12. The number of fused-ring (bicyclic) bond motifs is 1. The van der Waals surface area contributed by atoms with E-state index in [1.807, 2.05) is 57.5 Å². The van der Waals surface area contributed by atoms with Crippen LogP contribution in [-0.4, -0.2) is 31.1 Å². The number of anilines is 4. The number of para-hydroxylation sites is 1. The standard InChI is InChI=1S/C17H19N5/c1-18-16-14-6-4-5-7-15(14)20-17(21-16)19-12-8-10-13(11-9-12)22(2)3/h4-11H,1-3H3,(H2,18,19,20,21). The van der Waals surface area contributed by atoms with Crippen molar-refractivity contribution < 1.29 is 0 Å². The summed E-state index contributed by atoms with van der Waals surface area (Å²) < 4.78 is 0. The van der Waals surface area contributed by atoms with Gasteiger partial charge in [0.25, 0.3) is 0 Å². The van der Waals surface area contributed by atoms with Gasteiger partial charge in [-0.15, -0.1) is 0 Å². The Morgan fingerprint density at radius 1 is 0.909 bits per heavy atom. The summed E-state index contributed by atoms with van der Waals surface area (Å²) >= 11 is 0. The fourth-order valence-electron chi connectivity index (χ4n) is 2.30. The van der Waals surface area contributed by atoms with E-state index in [1.54, 1.807) is 0 Å². The van der Waals surface area contributed by atoms with Gasteiger partial charge < -0.3 is 15.5 Å². The molecule has 0 radical (unpaired) electrons. The number of hydrogen-bond donors (Lipinski definition) is 2. The van der Waals surface area contributed by atoms with E-state index >= 15 is 0 Å². The Kier molecular flexibility index (Phi) is 3.78. The molecule has 5 nitrogen and oxygen atoms in total. The van der Waals surface area contributed by atoms with Crippen LogP contribution in [0.4, 0.5) is 23.1 Å². The first-order valence-electron chi connectivity index (χ1n) is 7.16. The largest absolute Gasteiger partial charge is 0.378 e. The first-order valence-corrected chi connectivity index (χ1v) is 7.16. The van der Waals surface area contributed by atoms with Crippen molar-refractivity contribution in [3.05, 3.63) is 48.5 Å². The predicted octanol–water partition coefficient (Wildman–Crippen LogP) is 3.48. The molecule has 0 spiro atoms. The predicted molar refractivity (Wildman–Crippen MR) is 93.1 cm³/mol. The fourth-order valence-corrected chi connectivity index (χ4v) is 2.30. The van der Waals surface area contributed by atoms with Crippen LogP contribution in [0.5, 0.6) is 0 Å². The second-order valence-electron chi connectivity index (χ2n) is 5.23. The molecule has 22 heavy (non-hydrogen) atoms. The van der Waals surface area contributed by atoms with Crippen molar-refractivity contribution in [2.45, 2.75) is 0 Å². The fraction of sp³-hybridized carbons (Fsp3) is 0.176. The van der Waals surface area contributed by atoms with Gasteiger partial charge in [-0.25, -0.2) is 4.98 Å². The lowest BCUT2D eigenvalue weighted by atomic mass is 10.2. The average molecular weight is 293 g/mol. The van der Waals surface area contributed by atoms with Crippen LogP contribution in [0.1, 0.15) is 0 Å². The van der Waals surface area contributed by atoms with Crippen molar-refractivity contribution in [2.24, 2.45) is 0 Å². The molecule has 1 aromatic heterocycles. The van der Waals surface area contributed by atoms with Crippen LogP contribution in [0.25, 0.3) is 10.9 Å². The molecule has 0 aliphatic carbocycles. The lowest BCUT2D eigenvalue weighted by molar-refractivity contribution is 1.13. The van der Waals surface area contributed by atoms with Gasteiger partial charge in [-0.2, -0.15) is 4.98 Å². The minimum Gasteiger partial charge on any atom is -0.378 e. The minimum absolute atomic E-state index is 0.584. The lowest BCUT2D eigenvalue weighted by Gasteiger charge is -2.13. The second-order valence-corrected chi connectivity index (χ2v) is 5.23. The van der Waals surface area contributed by atoms with Gasteiger partial charge in [0.1, 0.15) is 5.82 Å². The summed E-state index contributed by atoms with van der Waals surface area (Å²) in [6.07, 6.45) is 0. The monoisotopic (exact) mass is 293 g/mol. The van der Waals surface area contributed by atoms with Gasteiger partial charge >= 0.3 is 0 Å². The van der Waals surface area contributed by atoms with Crippen LogP contribution < -0.4 is 15.5 Å². The summed E-state index contributed by atoms with van der Waals surface area (Å²) in [4.78, 5) is 11.2. The van der Waals surface area contributed by atoms with Crippen molar-refractivity contribution in [1.82, 2.24) is 9.97 Å². The molecule has 2 N–H and O–H groups in total. The Morgan fingerprint density at radius 3 is 2.32 bits per heavy atom. The summed E-state index contributed by atoms with van der Waals surface area (Å²) in [7, 11) is 5.91. The highest BCUT2D eigenvalue weighted by Gasteiger charge is 2.06. The normalized spacial score (nSPS) is 10.5. The van der Waals surface area contributed by atoms with Crippen LogP contribution in [0.2, 0.25) is 0 Å². The Balaban J connectivity index is 1.93. The van der Waals surface area contributed by atoms with Crippen LogP contribution in [0, 0.1) is 0 Å². The highest BCUT2D eigenvalue weighted by Crippen LogP contribution is 2.24. The molecule has 0 atom stereocenters. The molecule has 1 heterocycles.